The fourth-order valence-electron chi connectivity index (χ4n) is 1.99. The molecular weight excluding hydrogens is 226 g/mol. The van der Waals surface area contributed by atoms with Crippen molar-refractivity contribution >= 4 is 11.1 Å². The van der Waals surface area contributed by atoms with Gasteiger partial charge in [0.25, 0.3) is 0 Å². The van der Waals surface area contributed by atoms with Crippen LogP contribution in [0.4, 0.5) is 0 Å². The van der Waals surface area contributed by atoms with Crippen molar-refractivity contribution < 1.29 is 4.42 Å². The molecular formula is C14H21N3O. The van der Waals surface area contributed by atoms with Gasteiger partial charge in [0.15, 0.2) is 12.0 Å². The van der Waals surface area contributed by atoms with Crippen LogP contribution < -0.4 is 10.6 Å². The number of oxazole rings is 1. The van der Waals surface area contributed by atoms with Gasteiger partial charge in [-0.05, 0) is 24.7 Å². The number of benzene rings is 1. The van der Waals surface area contributed by atoms with Crippen molar-refractivity contribution in [1.82, 2.24) is 15.6 Å². The summed E-state index contributed by atoms with van der Waals surface area (Å²) in [4.78, 5) is 4.14. The maximum atomic E-state index is 5.36. The standard InChI is InChI=1S/C14H21N3O/c1-14(2,9-16-7-6-15-3)11-4-5-12-13(8-11)18-10-17-12/h4-5,8,10,15-16H,6-7,9H2,1-3H3. The van der Waals surface area contributed by atoms with Gasteiger partial charge in [0, 0.05) is 25.0 Å². The average Bonchev–Trinajstić information content (AvgIpc) is 2.82. The first-order chi connectivity index (χ1) is 8.63. The molecule has 1 heterocycles. The van der Waals surface area contributed by atoms with Gasteiger partial charge in [0.05, 0.1) is 0 Å². The number of hydrogen-bond acceptors (Lipinski definition) is 4. The molecule has 18 heavy (non-hydrogen) atoms. The number of fused-ring (bicyclic) bond motifs is 1. The van der Waals surface area contributed by atoms with Crippen LogP contribution in [0, 0.1) is 0 Å². The van der Waals surface area contributed by atoms with Crippen molar-refractivity contribution in [2.75, 3.05) is 26.7 Å². The molecule has 0 aliphatic heterocycles. The molecule has 2 aromatic rings. The van der Waals surface area contributed by atoms with Crippen molar-refractivity contribution in [1.29, 1.82) is 0 Å². The van der Waals surface area contributed by atoms with Gasteiger partial charge in [-0.15, -0.1) is 0 Å². The minimum atomic E-state index is 0.0781. The molecule has 4 nitrogen and oxygen atoms in total. The van der Waals surface area contributed by atoms with Crippen molar-refractivity contribution in [3.8, 4) is 0 Å². The summed E-state index contributed by atoms with van der Waals surface area (Å²) in [7, 11) is 1.96. The summed E-state index contributed by atoms with van der Waals surface area (Å²) in [6.45, 7) is 7.36. The predicted molar refractivity (Wildman–Crippen MR) is 73.8 cm³/mol. The van der Waals surface area contributed by atoms with Crippen LogP contribution >= 0.6 is 0 Å². The van der Waals surface area contributed by atoms with Crippen LogP contribution in [0.15, 0.2) is 29.0 Å². The second-order valence-electron chi connectivity index (χ2n) is 5.20. The van der Waals surface area contributed by atoms with Crippen LogP contribution in [0.2, 0.25) is 0 Å². The molecule has 0 aliphatic carbocycles. The zero-order valence-corrected chi connectivity index (χ0v) is 11.3. The van der Waals surface area contributed by atoms with Gasteiger partial charge in [-0.25, -0.2) is 4.98 Å². The third-order valence-electron chi connectivity index (χ3n) is 3.23. The van der Waals surface area contributed by atoms with Crippen LogP contribution in [0.3, 0.4) is 0 Å². The normalized spacial score (nSPS) is 12.2. The Hall–Kier alpha value is -1.39. The van der Waals surface area contributed by atoms with Gasteiger partial charge in [-0.1, -0.05) is 19.9 Å². The number of nitrogens with zero attached hydrogens (tertiary/aromatic N) is 1. The molecule has 0 bridgehead atoms. The first kappa shape index (κ1) is 13.1. The Bertz CT molecular complexity index is 504. The number of likely N-dealkylation sites (N-methyl/N-ethyl adjacent to an activating group) is 1. The van der Waals surface area contributed by atoms with Crippen molar-refractivity contribution in [3.05, 3.63) is 30.2 Å². The molecule has 0 saturated carbocycles. The third kappa shape index (κ3) is 2.89. The van der Waals surface area contributed by atoms with E-state index in [1.807, 2.05) is 13.1 Å². The largest absolute Gasteiger partial charge is 0.443 e. The SMILES string of the molecule is CNCCNCC(C)(C)c1ccc2ncoc2c1. The Balaban J connectivity index is 2.07. The Labute approximate surface area is 108 Å². The Morgan fingerprint density at radius 2 is 2.11 bits per heavy atom. The molecule has 0 spiro atoms. The van der Waals surface area contributed by atoms with Crippen LogP contribution in [0.5, 0.6) is 0 Å². The van der Waals surface area contributed by atoms with E-state index in [9.17, 15) is 0 Å². The van der Waals surface area contributed by atoms with E-state index in [0.717, 1.165) is 30.7 Å². The Morgan fingerprint density at radius 1 is 1.28 bits per heavy atom. The minimum Gasteiger partial charge on any atom is -0.443 e. The third-order valence-corrected chi connectivity index (χ3v) is 3.23. The lowest BCUT2D eigenvalue weighted by Crippen LogP contribution is -2.36. The van der Waals surface area contributed by atoms with E-state index in [2.05, 4.69) is 41.6 Å². The van der Waals surface area contributed by atoms with Gasteiger partial charge in [0.1, 0.15) is 5.52 Å². The first-order valence-corrected chi connectivity index (χ1v) is 6.32. The number of nitrogens with one attached hydrogen (secondary N) is 2. The van der Waals surface area contributed by atoms with Gasteiger partial charge >= 0.3 is 0 Å². The predicted octanol–water partition coefficient (Wildman–Crippen LogP) is 1.91. The smallest absolute Gasteiger partial charge is 0.181 e. The molecule has 0 unspecified atom stereocenters. The maximum absolute atomic E-state index is 5.36. The molecule has 0 aliphatic rings. The summed E-state index contributed by atoms with van der Waals surface area (Å²) < 4.78 is 5.36. The molecule has 0 saturated heterocycles. The highest BCUT2D eigenvalue weighted by Gasteiger charge is 2.20. The van der Waals surface area contributed by atoms with Crippen molar-refractivity contribution in [2.24, 2.45) is 0 Å². The molecule has 0 amide bonds. The lowest BCUT2D eigenvalue weighted by Gasteiger charge is -2.25. The average molecular weight is 247 g/mol. The lowest BCUT2D eigenvalue weighted by atomic mass is 9.84. The molecule has 1 aromatic carbocycles. The van der Waals surface area contributed by atoms with Crippen LogP contribution in [-0.4, -0.2) is 31.7 Å². The first-order valence-electron chi connectivity index (χ1n) is 6.32. The summed E-state index contributed by atoms with van der Waals surface area (Å²) in [5.41, 5.74) is 3.12. The van der Waals surface area contributed by atoms with E-state index in [-0.39, 0.29) is 5.41 Å². The van der Waals surface area contributed by atoms with Gasteiger partial charge < -0.3 is 15.1 Å². The zero-order valence-electron chi connectivity index (χ0n) is 11.3. The van der Waals surface area contributed by atoms with E-state index in [4.69, 9.17) is 4.42 Å². The number of aromatic nitrogens is 1. The summed E-state index contributed by atoms with van der Waals surface area (Å²) >= 11 is 0. The van der Waals surface area contributed by atoms with E-state index in [1.54, 1.807) is 0 Å². The second kappa shape index (κ2) is 5.50. The molecule has 0 radical (unpaired) electrons. The summed E-state index contributed by atoms with van der Waals surface area (Å²) in [6, 6.07) is 6.23. The molecule has 1 aromatic heterocycles. The van der Waals surface area contributed by atoms with Crippen molar-refractivity contribution in [3.63, 3.8) is 0 Å². The monoisotopic (exact) mass is 247 g/mol. The topological polar surface area (TPSA) is 50.1 Å². The summed E-state index contributed by atoms with van der Waals surface area (Å²) in [6.07, 6.45) is 1.49. The molecule has 2 N–H and O–H groups in total. The number of hydrogen-bond donors (Lipinski definition) is 2. The van der Waals surface area contributed by atoms with Crippen LogP contribution in [0.1, 0.15) is 19.4 Å². The molecule has 2 rings (SSSR count). The van der Waals surface area contributed by atoms with Crippen LogP contribution in [0.25, 0.3) is 11.1 Å². The molecule has 0 fully saturated rings. The fraction of sp³-hybridized carbons (Fsp3) is 0.500. The van der Waals surface area contributed by atoms with Crippen molar-refractivity contribution in [2.45, 2.75) is 19.3 Å². The zero-order chi connectivity index (χ0) is 13.0. The highest BCUT2D eigenvalue weighted by Crippen LogP contribution is 2.25. The van der Waals surface area contributed by atoms with E-state index in [0.29, 0.717) is 0 Å². The maximum Gasteiger partial charge on any atom is 0.181 e. The highest BCUT2D eigenvalue weighted by molar-refractivity contribution is 5.73. The quantitative estimate of drug-likeness (QED) is 0.766. The Kier molecular flexibility index (Phi) is 3.99. The molecule has 98 valence electrons. The Morgan fingerprint density at radius 3 is 2.89 bits per heavy atom. The minimum absolute atomic E-state index is 0.0781. The molecule has 4 heteroatoms. The fourth-order valence-corrected chi connectivity index (χ4v) is 1.99. The van der Waals surface area contributed by atoms with Gasteiger partial charge in [-0.3, -0.25) is 0 Å². The lowest BCUT2D eigenvalue weighted by molar-refractivity contribution is 0.468. The second-order valence-corrected chi connectivity index (χ2v) is 5.20. The number of rotatable bonds is 6. The van der Waals surface area contributed by atoms with E-state index < -0.39 is 0 Å². The highest BCUT2D eigenvalue weighted by atomic mass is 16.3. The van der Waals surface area contributed by atoms with E-state index in [1.165, 1.54) is 12.0 Å². The summed E-state index contributed by atoms with van der Waals surface area (Å²) in [5.74, 6) is 0. The van der Waals surface area contributed by atoms with Gasteiger partial charge in [0.2, 0.25) is 0 Å². The summed E-state index contributed by atoms with van der Waals surface area (Å²) in [5, 5.41) is 6.59. The van der Waals surface area contributed by atoms with Crippen LogP contribution in [-0.2, 0) is 5.41 Å². The molecule has 0 atom stereocenters. The van der Waals surface area contributed by atoms with Gasteiger partial charge in [-0.2, -0.15) is 0 Å². The van der Waals surface area contributed by atoms with E-state index >= 15 is 0 Å².